The van der Waals surface area contributed by atoms with Gasteiger partial charge in [0, 0.05) is 19.7 Å². The van der Waals surface area contributed by atoms with E-state index in [4.69, 9.17) is 23.2 Å². The summed E-state index contributed by atoms with van der Waals surface area (Å²) in [5.74, 6) is 0. The van der Waals surface area contributed by atoms with E-state index in [1.165, 1.54) is 9.13 Å². The normalized spacial score (nSPS) is 12.4. The summed E-state index contributed by atoms with van der Waals surface area (Å²) in [4.78, 5) is 0. The van der Waals surface area contributed by atoms with Gasteiger partial charge in [-0.1, -0.05) is 42.3 Å². The van der Waals surface area contributed by atoms with E-state index in [1.807, 2.05) is 18.2 Å². The number of hydrogen-bond donors (Lipinski definition) is 1. The maximum Gasteiger partial charge on any atom is 0.0439 e. The molecule has 0 heterocycles. The van der Waals surface area contributed by atoms with Gasteiger partial charge in [0.25, 0.3) is 0 Å². The molecule has 2 aromatic rings. The molecule has 0 bridgehead atoms. The van der Waals surface area contributed by atoms with Crippen LogP contribution in [0.4, 0.5) is 0 Å². The molecule has 0 saturated heterocycles. The predicted molar refractivity (Wildman–Crippen MR) is 100 cm³/mol. The van der Waals surface area contributed by atoms with Gasteiger partial charge in [-0.25, -0.2) is 0 Å². The second kappa shape index (κ2) is 8.37. The van der Waals surface area contributed by atoms with E-state index in [0.29, 0.717) is 0 Å². The van der Waals surface area contributed by atoms with Crippen LogP contribution in [0.3, 0.4) is 0 Å². The SMILES string of the molecule is CCCNC(Cc1cc(Cl)ccc1Cl)c1cccc(I)c1. The van der Waals surface area contributed by atoms with Crippen molar-refractivity contribution in [2.24, 2.45) is 0 Å². The van der Waals surface area contributed by atoms with Gasteiger partial charge < -0.3 is 5.32 Å². The molecule has 1 N–H and O–H groups in total. The Bertz CT molecular complexity index is 601. The number of halogens is 3. The molecule has 0 fully saturated rings. The first-order valence-electron chi connectivity index (χ1n) is 7.03. The lowest BCUT2D eigenvalue weighted by atomic mass is 9.98. The van der Waals surface area contributed by atoms with E-state index in [1.54, 1.807) is 0 Å². The Morgan fingerprint density at radius 1 is 1.14 bits per heavy atom. The molecule has 1 unspecified atom stereocenters. The smallest absolute Gasteiger partial charge is 0.0439 e. The Hall–Kier alpha value is -0.290. The lowest BCUT2D eigenvalue weighted by Gasteiger charge is -2.20. The van der Waals surface area contributed by atoms with Crippen LogP contribution < -0.4 is 5.32 Å². The molecule has 2 aromatic carbocycles. The molecule has 4 heteroatoms. The number of benzene rings is 2. The van der Waals surface area contributed by atoms with Gasteiger partial charge in [-0.2, -0.15) is 0 Å². The van der Waals surface area contributed by atoms with E-state index < -0.39 is 0 Å². The van der Waals surface area contributed by atoms with Crippen molar-refractivity contribution in [3.05, 3.63) is 67.2 Å². The molecule has 0 radical (unpaired) electrons. The van der Waals surface area contributed by atoms with Gasteiger partial charge in [0.15, 0.2) is 0 Å². The van der Waals surface area contributed by atoms with Crippen LogP contribution >= 0.6 is 45.8 Å². The van der Waals surface area contributed by atoms with Crippen LogP contribution in [0.15, 0.2) is 42.5 Å². The van der Waals surface area contributed by atoms with Crippen LogP contribution in [0.5, 0.6) is 0 Å². The van der Waals surface area contributed by atoms with Crippen LogP contribution in [0, 0.1) is 3.57 Å². The van der Waals surface area contributed by atoms with Crippen LogP contribution in [0.1, 0.15) is 30.5 Å². The van der Waals surface area contributed by atoms with E-state index >= 15 is 0 Å². The third kappa shape index (κ3) is 5.13. The first kappa shape index (κ1) is 17.1. The third-order valence-corrected chi connectivity index (χ3v) is 4.60. The van der Waals surface area contributed by atoms with Gasteiger partial charge in [0.1, 0.15) is 0 Å². The lowest BCUT2D eigenvalue weighted by Crippen LogP contribution is -2.24. The summed E-state index contributed by atoms with van der Waals surface area (Å²) in [5, 5.41) is 5.10. The fourth-order valence-electron chi connectivity index (χ4n) is 2.27. The molecule has 2 rings (SSSR count). The first-order valence-corrected chi connectivity index (χ1v) is 8.86. The van der Waals surface area contributed by atoms with Crippen LogP contribution in [0.25, 0.3) is 0 Å². The highest BCUT2D eigenvalue weighted by Crippen LogP contribution is 2.27. The van der Waals surface area contributed by atoms with Crippen molar-refractivity contribution < 1.29 is 0 Å². The minimum Gasteiger partial charge on any atom is -0.310 e. The molecular formula is C17H18Cl2IN. The van der Waals surface area contributed by atoms with Crippen molar-refractivity contribution in [3.63, 3.8) is 0 Å². The highest BCUT2D eigenvalue weighted by Gasteiger charge is 2.14. The zero-order chi connectivity index (χ0) is 15.2. The lowest BCUT2D eigenvalue weighted by molar-refractivity contribution is 0.529. The Kier molecular flexibility index (Phi) is 6.80. The highest BCUT2D eigenvalue weighted by molar-refractivity contribution is 14.1. The van der Waals surface area contributed by atoms with Crippen molar-refractivity contribution in [2.75, 3.05) is 6.54 Å². The molecule has 0 aliphatic carbocycles. The monoisotopic (exact) mass is 433 g/mol. The highest BCUT2D eigenvalue weighted by atomic mass is 127. The van der Waals surface area contributed by atoms with Crippen molar-refractivity contribution in [1.29, 1.82) is 0 Å². The van der Waals surface area contributed by atoms with E-state index in [-0.39, 0.29) is 6.04 Å². The van der Waals surface area contributed by atoms with Crippen molar-refractivity contribution in [1.82, 2.24) is 5.32 Å². The maximum atomic E-state index is 6.31. The minimum absolute atomic E-state index is 0.246. The van der Waals surface area contributed by atoms with Gasteiger partial charge in [0.05, 0.1) is 0 Å². The summed E-state index contributed by atoms with van der Waals surface area (Å²) in [6.45, 7) is 3.15. The summed E-state index contributed by atoms with van der Waals surface area (Å²) in [6, 6.07) is 14.5. The number of nitrogens with one attached hydrogen (secondary N) is 1. The fraction of sp³-hybridized carbons (Fsp3) is 0.294. The Labute approximate surface area is 150 Å². The molecule has 0 spiro atoms. The Morgan fingerprint density at radius 3 is 2.67 bits per heavy atom. The van der Waals surface area contributed by atoms with Gasteiger partial charge in [-0.3, -0.25) is 0 Å². The zero-order valence-electron chi connectivity index (χ0n) is 11.9. The van der Waals surface area contributed by atoms with Crippen molar-refractivity contribution in [2.45, 2.75) is 25.8 Å². The van der Waals surface area contributed by atoms with Gasteiger partial charge in [-0.15, -0.1) is 0 Å². The molecule has 0 amide bonds. The van der Waals surface area contributed by atoms with Gasteiger partial charge >= 0.3 is 0 Å². The second-order valence-electron chi connectivity index (χ2n) is 5.00. The standard InChI is InChI=1S/C17H18Cl2IN/c1-2-8-21-17(12-4-3-5-15(20)10-12)11-13-9-14(18)6-7-16(13)19/h3-7,9-10,17,21H,2,8,11H2,1H3. The largest absolute Gasteiger partial charge is 0.310 e. The third-order valence-electron chi connectivity index (χ3n) is 3.32. The topological polar surface area (TPSA) is 12.0 Å². The molecule has 0 aliphatic rings. The summed E-state index contributed by atoms with van der Waals surface area (Å²) in [7, 11) is 0. The second-order valence-corrected chi connectivity index (χ2v) is 7.09. The van der Waals surface area contributed by atoms with E-state index in [2.05, 4.69) is 59.1 Å². The quantitative estimate of drug-likeness (QED) is 0.560. The molecule has 0 aromatic heterocycles. The van der Waals surface area contributed by atoms with Crippen LogP contribution in [-0.4, -0.2) is 6.54 Å². The summed E-state index contributed by atoms with van der Waals surface area (Å²) < 4.78 is 1.24. The Balaban J connectivity index is 2.25. The predicted octanol–water partition coefficient (Wildman–Crippen LogP) is 5.88. The molecule has 112 valence electrons. The summed E-state index contributed by atoms with van der Waals surface area (Å²) in [6.07, 6.45) is 1.93. The molecule has 0 aliphatic heterocycles. The maximum absolute atomic E-state index is 6.31. The number of rotatable bonds is 6. The first-order chi connectivity index (χ1) is 10.1. The summed E-state index contributed by atoms with van der Waals surface area (Å²) in [5.41, 5.74) is 2.36. The van der Waals surface area contributed by atoms with Crippen molar-refractivity contribution in [3.8, 4) is 0 Å². The van der Waals surface area contributed by atoms with Crippen LogP contribution in [0.2, 0.25) is 10.0 Å². The van der Waals surface area contributed by atoms with Gasteiger partial charge in [-0.05, 0) is 83.4 Å². The van der Waals surface area contributed by atoms with Crippen molar-refractivity contribution >= 4 is 45.8 Å². The number of hydrogen-bond acceptors (Lipinski definition) is 1. The average Bonchev–Trinajstić information content (AvgIpc) is 2.47. The fourth-order valence-corrected chi connectivity index (χ4v) is 3.23. The van der Waals surface area contributed by atoms with E-state index in [0.717, 1.165) is 35.0 Å². The molecule has 0 saturated carbocycles. The summed E-state index contributed by atoms with van der Waals surface area (Å²) >= 11 is 14.7. The zero-order valence-corrected chi connectivity index (χ0v) is 15.5. The average molecular weight is 434 g/mol. The van der Waals surface area contributed by atoms with Gasteiger partial charge in [0.2, 0.25) is 0 Å². The molecule has 21 heavy (non-hydrogen) atoms. The molecule has 1 atom stereocenters. The minimum atomic E-state index is 0.246. The molecule has 1 nitrogen and oxygen atoms in total. The Morgan fingerprint density at radius 2 is 1.95 bits per heavy atom. The van der Waals surface area contributed by atoms with E-state index in [9.17, 15) is 0 Å². The van der Waals surface area contributed by atoms with Crippen LogP contribution in [-0.2, 0) is 6.42 Å². The molecular weight excluding hydrogens is 416 g/mol.